The number of halogens is 1. The van der Waals surface area contributed by atoms with Crippen LogP contribution >= 0.6 is 34.9 Å². The largest absolute Gasteiger partial charge is 0.324 e. The maximum atomic E-state index is 11.5. The first-order chi connectivity index (χ1) is 8.65. The lowest BCUT2D eigenvalue weighted by Gasteiger charge is -2.06. The van der Waals surface area contributed by atoms with Crippen LogP contribution in [0.3, 0.4) is 0 Å². The van der Waals surface area contributed by atoms with Gasteiger partial charge in [-0.25, -0.2) is 4.98 Å². The van der Waals surface area contributed by atoms with E-state index in [0.29, 0.717) is 10.7 Å². The van der Waals surface area contributed by atoms with Crippen LogP contribution in [-0.2, 0) is 4.79 Å². The molecule has 0 spiro atoms. The van der Waals surface area contributed by atoms with Crippen molar-refractivity contribution >= 4 is 46.5 Å². The molecule has 1 aromatic heterocycles. The molecule has 8 heteroatoms. The van der Waals surface area contributed by atoms with Gasteiger partial charge in [0, 0.05) is 16.1 Å². The lowest BCUT2D eigenvalue weighted by molar-refractivity contribution is -0.116. The highest BCUT2D eigenvalue weighted by Gasteiger charge is 2.28. The second-order valence-electron chi connectivity index (χ2n) is 3.65. The molecule has 1 aromatic carbocycles. The van der Waals surface area contributed by atoms with Gasteiger partial charge in [-0.2, -0.15) is 4.37 Å². The third kappa shape index (κ3) is 1.99. The molecular weight excluding hydrogens is 292 g/mol. The molecule has 1 aliphatic heterocycles. The summed E-state index contributed by atoms with van der Waals surface area (Å²) >= 11 is 8.88. The number of fused-ring (bicyclic) bond motifs is 1. The summed E-state index contributed by atoms with van der Waals surface area (Å²) in [5.74, 6) is -0.209. The Hall–Kier alpha value is -1.15. The van der Waals surface area contributed by atoms with Crippen LogP contribution < -0.4 is 11.1 Å². The molecule has 1 aliphatic rings. The van der Waals surface area contributed by atoms with E-state index in [-0.39, 0.29) is 5.91 Å². The zero-order chi connectivity index (χ0) is 12.7. The Morgan fingerprint density at radius 2 is 2.33 bits per heavy atom. The number of nitrogens with one attached hydrogen (secondary N) is 1. The van der Waals surface area contributed by atoms with Crippen LogP contribution in [0.2, 0.25) is 5.02 Å². The average Bonchev–Trinajstić information content (AvgIpc) is 2.92. The molecule has 0 radical (unpaired) electrons. The van der Waals surface area contributed by atoms with Gasteiger partial charge < -0.3 is 11.1 Å². The Morgan fingerprint density at radius 3 is 3.06 bits per heavy atom. The summed E-state index contributed by atoms with van der Waals surface area (Å²) in [5, 5.41) is 3.28. The highest BCUT2D eigenvalue weighted by atomic mass is 35.5. The maximum absolute atomic E-state index is 11.5. The minimum atomic E-state index is -0.641. The summed E-state index contributed by atoms with van der Waals surface area (Å²) in [6.07, 6.45) is 1.49. The van der Waals surface area contributed by atoms with E-state index < -0.39 is 6.04 Å². The molecule has 5 nitrogen and oxygen atoms in total. The molecule has 3 rings (SSSR count). The highest BCUT2D eigenvalue weighted by molar-refractivity contribution is 8.01. The van der Waals surface area contributed by atoms with E-state index >= 15 is 0 Å². The number of amides is 1. The molecule has 0 saturated heterocycles. The van der Waals surface area contributed by atoms with Gasteiger partial charge in [0.2, 0.25) is 5.91 Å². The van der Waals surface area contributed by atoms with Crippen LogP contribution in [0.25, 0.3) is 0 Å². The second kappa shape index (κ2) is 4.51. The Bertz CT molecular complexity index is 617. The number of nitrogens with zero attached hydrogens (tertiary/aromatic N) is 2. The van der Waals surface area contributed by atoms with Crippen LogP contribution in [0, 0.1) is 0 Å². The van der Waals surface area contributed by atoms with Crippen molar-refractivity contribution in [3.8, 4) is 0 Å². The Kier molecular flexibility index (Phi) is 2.98. The summed E-state index contributed by atoms with van der Waals surface area (Å²) in [6, 6.07) is 2.90. The number of nitrogens with two attached hydrogens (primary N) is 1. The number of carbonyl (C=O) groups is 1. The summed E-state index contributed by atoms with van der Waals surface area (Å²) in [7, 11) is 0. The van der Waals surface area contributed by atoms with Crippen molar-refractivity contribution in [3.63, 3.8) is 0 Å². The number of anilines is 1. The number of benzene rings is 1. The van der Waals surface area contributed by atoms with Crippen LogP contribution in [0.4, 0.5) is 5.69 Å². The Morgan fingerprint density at radius 1 is 1.50 bits per heavy atom. The summed E-state index contributed by atoms with van der Waals surface area (Å²) in [4.78, 5) is 16.4. The predicted octanol–water partition coefficient (Wildman–Crippen LogP) is 2.29. The number of hydrogen-bond acceptors (Lipinski definition) is 6. The molecule has 1 amide bonds. The lowest BCUT2D eigenvalue weighted by atomic mass is 10.1. The molecular formula is C10H7ClN4OS2. The van der Waals surface area contributed by atoms with Crippen molar-refractivity contribution in [2.45, 2.75) is 15.3 Å². The normalized spacial score (nSPS) is 17.7. The average molecular weight is 299 g/mol. The van der Waals surface area contributed by atoms with E-state index in [1.165, 1.54) is 29.6 Å². The number of carbonyl (C=O) groups excluding carboxylic acids is 1. The van der Waals surface area contributed by atoms with E-state index in [2.05, 4.69) is 14.7 Å². The fourth-order valence-corrected chi connectivity index (χ4v) is 3.40. The van der Waals surface area contributed by atoms with Crippen molar-refractivity contribution in [2.24, 2.45) is 5.73 Å². The van der Waals surface area contributed by atoms with E-state index in [9.17, 15) is 4.79 Å². The minimum absolute atomic E-state index is 0.209. The predicted molar refractivity (Wildman–Crippen MR) is 71.0 cm³/mol. The molecule has 3 N–H and O–H groups in total. The molecule has 0 saturated carbocycles. The zero-order valence-electron chi connectivity index (χ0n) is 8.88. The summed E-state index contributed by atoms with van der Waals surface area (Å²) < 4.78 is 4.72. The van der Waals surface area contributed by atoms with Gasteiger partial charge in [-0.1, -0.05) is 23.4 Å². The van der Waals surface area contributed by atoms with Gasteiger partial charge in [0.25, 0.3) is 0 Å². The third-order valence-electron chi connectivity index (χ3n) is 2.52. The molecule has 0 bridgehead atoms. The summed E-state index contributed by atoms with van der Waals surface area (Å²) in [6.45, 7) is 0. The van der Waals surface area contributed by atoms with E-state index in [1.54, 1.807) is 6.07 Å². The van der Waals surface area contributed by atoms with Crippen molar-refractivity contribution in [2.75, 3.05) is 5.32 Å². The van der Waals surface area contributed by atoms with Crippen molar-refractivity contribution in [1.29, 1.82) is 0 Å². The SMILES string of the molecule is NC1C(=O)Nc2cc(Sc3ncns3)c(Cl)cc21. The quantitative estimate of drug-likeness (QED) is 0.889. The molecule has 18 heavy (non-hydrogen) atoms. The summed E-state index contributed by atoms with van der Waals surface area (Å²) in [5.41, 5.74) is 7.19. The molecule has 1 unspecified atom stereocenters. The van der Waals surface area contributed by atoms with Gasteiger partial charge in [0.1, 0.15) is 12.4 Å². The zero-order valence-corrected chi connectivity index (χ0v) is 11.3. The molecule has 92 valence electrons. The lowest BCUT2D eigenvalue weighted by Crippen LogP contribution is -2.19. The van der Waals surface area contributed by atoms with Crippen LogP contribution in [0.1, 0.15) is 11.6 Å². The van der Waals surface area contributed by atoms with Crippen molar-refractivity contribution in [1.82, 2.24) is 9.36 Å². The fraction of sp³-hybridized carbons (Fsp3) is 0.100. The second-order valence-corrected chi connectivity index (χ2v) is 6.12. The smallest absolute Gasteiger partial charge is 0.245 e. The minimum Gasteiger partial charge on any atom is -0.324 e. The first-order valence-electron chi connectivity index (χ1n) is 4.99. The fourth-order valence-electron chi connectivity index (χ4n) is 1.67. The molecule has 2 aromatic rings. The number of aromatic nitrogens is 2. The van der Waals surface area contributed by atoms with Gasteiger partial charge in [0.05, 0.1) is 5.02 Å². The van der Waals surface area contributed by atoms with Crippen LogP contribution in [-0.4, -0.2) is 15.3 Å². The first-order valence-corrected chi connectivity index (χ1v) is 6.96. The molecule has 1 atom stereocenters. The van der Waals surface area contributed by atoms with E-state index in [1.807, 2.05) is 6.07 Å². The maximum Gasteiger partial charge on any atom is 0.245 e. The third-order valence-corrected chi connectivity index (χ3v) is 4.72. The van der Waals surface area contributed by atoms with Crippen LogP contribution in [0.15, 0.2) is 27.7 Å². The first kappa shape index (κ1) is 11.9. The van der Waals surface area contributed by atoms with Crippen molar-refractivity contribution < 1.29 is 4.79 Å². The Balaban J connectivity index is 1.98. The topological polar surface area (TPSA) is 80.9 Å². The van der Waals surface area contributed by atoms with Gasteiger partial charge in [0.15, 0.2) is 4.34 Å². The molecule has 0 fully saturated rings. The van der Waals surface area contributed by atoms with Gasteiger partial charge in [-0.05, 0) is 23.7 Å². The van der Waals surface area contributed by atoms with Crippen molar-refractivity contribution in [3.05, 3.63) is 29.0 Å². The van der Waals surface area contributed by atoms with Gasteiger partial charge in [-0.15, -0.1) is 0 Å². The van der Waals surface area contributed by atoms with E-state index in [0.717, 1.165) is 14.8 Å². The van der Waals surface area contributed by atoms with Gasteiger partial charge in [-0.3, -0.25) is 4.79 Å². The Labute approximate surface area is 116 Å². The molecule has 0 aliphatic carbocycles. The van der Waals surface area contributed by atoms with Gasteiger partial charge >= 0.3 is 0 Å². The number of hydrogen-bond donors (Lipinski definition) is 2. The standard InChI is InChI=1S/C10H7ClN4OS2/c11-5-1-4-6(15-9(16)8(4)12)2-7(5)17-10-13-3-14-18-10/h1-3,8H,12H2,(H,15,16). The highest BCUT2D eigenvalue weighted by Crippen LogP contribution is 2.40. The molecule has 2 heterocycles. The monoisotopic (exact) mass is 298 g/mol. The van der Waals surface area contributed by atoms with Crippen LogP contribution in [0.5, 0.6) is 0 Å². The van der Waals surface area contributed by atoms with E-state index in [4.69, 9.17) is 17.3 Å². The number of rotatable bonds is 2.